The number of amides is 1. The minimum absolute atomic E-state index is 0.192. The standard InChI is InChI=1S/C20H24N4O3S/c1-27-19(26)16(11-13-5-3-2-4-6-13)21-17(25)12-28-20-23-22-18(14-7-8-14)24(20)15-9-10-15/h2-6,14-16H,7-12H2,1H3,(H,21,25)/t16-/m0/s1. The van der Waals surface area contributed by atoms with E-state index in [1.807, 2.05) is 30.3 Å². The van der Waals surface area contributed by atoms with Crippen molar-refractivity contribution in [1.82, 2.24) is 20.1 Å². The van der Waals surface area contributed by atoms with Gasteiger partial charge in [0.25, 0.3) is 0 Å². The Kier molecular flexibility index (Phi) is 5.66. The first-order chi connectivity index (χ1) is 13.7. The first-order valence-electron chi connectivity index (χ1n) is 9.64. The van der Waals surface area contributed by atoms with Crippen LogP contribution >= 0.6 is 11.8 Å². The highest BCUT2D eigenvalue weighted by molar-refractivity contribution is 7.99. The Morgan fingerprint density at radius 3 is 2.61 bits per heavy atom. The number of carbonyl (C=O) groups excluding carboxylic acids is 2. The van der Waals surface area contributed by atoms with Crippen LogP contribution in [-0.2, 0) is 20.7 Å². The lowest BCUT2D eigenvalue weighted by atomic mass is 10.1. The van der Waals surface area contributed by atoms with E-state index in [1.54, 1.807) is 0 Å². The zero-order valence-corrected chi connectivity index (χ0v) is 16.7. The quantitative estimate of drug-likeness (QED) is 0.514. The molecule has 28 heavy (non-hydrogen) atoms. The lowest BCUT2D eigenvalue weighted by Gasteiger charge is -2.16. The summed E-state index contributed by atoms with van der Waals surface area (Å²) in [5, 5.41) is 12.3. The fourth-order valence-corrected chi connectivity index (χ4v) is 4.06. The molecule has 1 amide bonds. The van der Waals surface area contributed by atoms with Gasteiger partial charge in [0.2, 0.25) is 5.91 Å². The number of aromatic nitrogens is 3. The number of nitrogens with zero attached hydrogens (tertiary/aromatic N) is 3. The van der Waals surface area contributed by atoms with Gasteiger partial charge in [-0.1, -0.05) is 42.1 Å². The van der Waals surface area contributed by atoms with Gasteiger partial charge < -0.3 is 14.6 Å². The van der Waals surface area contributed by atoms with Gasteiger partial charge in [-0.2, -0.15) is 0 Å². The van der Waals surface area contributed by atoms with Gasteiger partial charge >= 0.3 is 5.97 Å². The molecule has 2 saturated carbocycles. The van der Waals surface area contributed by atoms with Gasteiger partial charge in [0.15, 0.2) is 5.16 Å². The van der Waals surface area contributed by atoms with E-state index >= 15 is 0 Å². The summed E-state index contributed by atoms with van der Waals surface area (Å²) in [6.45, 7) is 0. The van der Waals surface area contributed by atoms with Crippen LogP contribution < -0.4 is 5.32 Å². The summed E-state index contributed by atoms with van der Waals surface area (Å²) in [5.74, 6) is 1.14. The maximum absolute atomic E-state index is 12.5. The van der Waals surface area contributed by atoms with Crippen molar-refractivity contribution in [3.63, 3.8) is 0 Å². The summed E-state index contributed by atoms with van der Waals surface area (Å²) in [5.41, 5.74) is 0.966. The van der Waals surface area contributed by atoms with Crippen LogP contribution in [0.25, 0.3) is 0 Å². The van der Waals surface area contributed by atoms with Crippen molar-refractivity contribution in [2.24, 2.45) is 0 Å². The SMILES string of the molecule is COC(=O)[C@H](Cc1ccccc1)NC(=O)CSc1nnc(C2CC2)n1C1CC1. The summed E-state index contributed by atoms with van der Waals surface area (Å²) in [6, 6.07) is 9.36. The van der Waals surface area contributed by atoms with Crippen LogP contribution in [0.2, 0.25) is 0 Å². The van der Waals surface area contributed by atoms with E-state index < -0.39 is 12.0 Å². The van der Waals surface area contributed by atoms with Crippen LogP contribution in [-0.4, -0.2) is 45.5 Å². The molecular formula is C20H24N4O3S. The third-order valence-electron chi connectivity index (χ3n) is 4.98. The van der Waals surface area contributed by atoms with Gasteiger partial charge in [0.05, 0.1) is 12.9 Å². The maximum Gasteiger partial charge on any atom is 0.328 e. The number of benzene rings is 1. The normalized spacial score (nSPS) is 17.2. The largest absolute Gasteiger partial charge is 0.467 e. The van der Waals surface area contributed by atoms with Gasteiger partial charge in [-0.05, 0) is 31.2 Å². The van der Waals surface area contributed by atoms with Crippen molar-refractivity contribution in [3.8, 4) is 0 Å². The lowest BCUT2D eigenvalue weighted by molar-refractivity contribution is -0.144. The fraction of sp³-hybridized carbons (Fsp3) is 0.500. The Morgan fingerprint density at radius 1 is 1.21 bits per heavy atom. The number of nitrogens with one attached hydrogen (secondary N) is 1. The molecule has 0 aliphatic heterocycles. The molecule has 1 heterocycles. The van der Waals surface area contributed by atoms with Crippen LogP contribution in [0, 0.1) is 0 Å². The van der Waals surface area contributed by atoms with E-state index in [4.69, 9.17) is 4.74 Å². The van der Waals surface area contributed by atoms with Gasteiger partial charge in [-0.3, -0.25) is 4.79 Å². The van der Waals surface area contributed by atoms with Crippen molar-refractivity contribution in [2.75, 3.05) is 12.9 Å². The molecule has 1 atom stereocenters. The second-order valence-electron chi connectivity index (χ2n) is 7.34. The summed E-state index contributed by atoms with van der Waals surface area (Å²) in [7, 11) is 1.33. The first kappa shape index (κ1) is 19.0. The first-order valence-corrected chi connectivity index (χ1v) is 10.6. The summed E-state index contributed by atoms with van der Waals surface area (Å²) >= 11 is 1.38. The molecule has 1 aromatic heterocycles. The minimum atomic E-state index is -0.705. The Balaban J connectivity index is 1.37. The molecule has 4 rings (SSSR count). The van der Waals surface area contributed by atoms with Crippen molar-refractivity contribution in [1.29, 1.82) is 0 Å². The second kappa shape index (κ2) is 8.34. The molecule has 0 unspecified atom stereocenters. The van der Waals surface area contributed by atoms with E-state index in [0.717, 1.165) is 29.4 Å². The van der Waals surface area contributed by atoms with E-state index in [-0.39, 0.29) is 11.7 Å². The summed E-state index contributed by atoms with van der Waals surface area (Å²) < 4.78 is 7.08. The van der Waals surface area contributed by atoms with Gasteiger partial charge in [0, 0.05) is 18.4 Å². The van der Waals surface area contributed by atoms with Crippen LogP contribution in [0.15, 0.2) is 35.5 Å². The molecule has 2 aliphatic rings. The maximum atomic E-state index is 12.5. The molecule has 148 valence electrons. The number of rotatable bonds is 9. The third-order valence-corrected chi connectivity index (χ3v) is 5.92. The molecular weight excluding hydrogens is 376 g/mol. The number of carbonyl (C=O) groups is 2. The van der Waals surface area contributed by atoms with Crippen LogP contribution in [0.5, 0.6) is 0 Å². The molecule has 0 bridgehead atoms. The molecule has 8 heteroatoms. The van der Waals surface area contributed by atoms with Gasteiger partial charge in [-0.25, -0.2) is 4.79 Å². The highest BCUT2D eigenvalue weighted by atomic mass is 32.2. The highest BCUT2D eigenvalue weighted by Crippen LogP contribution is 2.45. The molecule has 1 N–H and O–H groups in total. The lowest BCUT2D eigenvalue weighted by Crippen LogP contribution is -2.43. The van der Waals surface area contributed by atoms with Crippen molar-refractivity contribution in [2.45, 2.75) is 55.3 Å². The molecule has 2 aromatic rings. The van der Waals surface area contributed by atoms with Crippen molar-refractivity contribution in [3.05, 3.63) is 41.7 Å². The topological polar surface area (TPSA) is 86.1 Å². The van der Waals surface area contributed by atoms with Crippen LogP contribution in [0.3, 0.4) is 0 Å². The molecule has 2 aliphatic carbocycles. The van der Waals surface area contributed by atoms with Gasteiger partial charge in [-0.15, -0.1) is 10.2 Å². The molecule has 0 radical (unpaired) electrons. The average Bonchev–Trinajstić information content (AvgIpc) is 3.64. The molecule has 1 aromatic carbocycles. The Hall–Kier alpha value is -2.35. The van der Waals surface area contributed by atoms with E-state index in [9.17, 15) is 9.59 Å². The van der Waals surface area contributed by atoms with Crippen molar-refractivity contribution < 1.29 is 14.3 Å². The number of ether oxygens (including phenoxy) is 1. The zero-order valence-electron chi connectivity index (χ0n) is 15.8. The summed E-state index contributed by atoms with van der Waals surface area (Å²) in [6.07, 6.45) is 5.05. The predicted molar refractivity (Wildman–Crippen MR) is 105 cm³/mol. The van der Waals surface area contributed by atoms with E-state index in [2.05, 4.69) is 20.1 Å². The summed E-state index contributed by atoms with van der Waals surface area (Å²) in [4.78, 5) is 24.6. The third kappa shape index (κ3) is 4.55. The number of methoxy groups -OCH3 is 1. The van der Waals surface area contributed by atoms with Crippen LogP contribution in [0.1, 0.15) is 49.0 Å². The van der Waals surface area contributed by atoms with Crippen LogP contribution in [0.4, 0.5) is 0 Å². The highest BCUT2D eigenvalue weighted by Gasteiger charge is 2.36. The molecule has 2 fully saturated rings. The zero-order chi connectivity index (χ0) is 19.5. The average molecular weight is 401 g/mol. The Labute approximate surface area is 168 Å². The van der Waals surface area contributed by atoms with E-state index in [1.165, 1.54) is 31.7 Å². The Morgan fingerprint density at radius 2 is 1.96 bits per heavy atom. The monoisotopic (exact) mass is 400 g/mol. The minimum Gasteiger partial charge on any atom is -0.467 e. The number of hydrogen-bond acceptors (Lipinski definition) is 6. The molecule has 0 spiro atoms. The Bertz CT molecular complexity index is 846. The van der Waals surface area contributed by atoms with E-state index in [0.29, 0.717) is 18.4 Å². The van der Waals surface area contributed by atoms with Gasteiger partial charge in [0.1, 0.15) is 11.9 Å². The van der Waals surface area contributed by atoms with Crippen molar-refractivity contribution >= 4 is 23.6 Å². The molecule has 0 saturated heterocycles. The second-order valence-corrected chi connectivity index (χ2v) is 8.28. The predicted octanol–water partition coefficient (Wildman–Crippen LogP) is 2.48. The number of esters is 1. The fourth-order valence-electron chi connectivity index (χ4n) is 3.23. The number of thioether (sulfide) groups is 1. The number of hydrogen-bond donors (Lipinski definition) is 1. The molecule has 7 nitrogen and oxygen atoms in total. The smallest absolute Gasteiger partial charge is 0.328 e.